The number of unbranched alkanes of at least 4 members (excludes halogenated alkanes) is 1. The fourth-order valence-corrected chi connectivity index (χ4v) is 5.19. The molecule has 0 radical (unpaired) electrons. The molecule has 8 heteroatoms. The molecular formula is C27H27BrClN5O. The van der Waals surface area contributed by atoms with Gasteiger partial charge in [0.1, 0.15) is 5.82 Å². The zero-order chi connectivity index (χ0) is 24.2. The summed E-state index contributed by atoms with van der Waals surface area (Å²) in [5, 5.41) is 11.7. The van der Waals surface area contributed by atoms with E-state index in [2.05, 4.69) is 55.9 Å². The molecular weight excluding hydrogens is 526 g/mol. The van der Waals surface area contributed by atoms with Gasteiger partial charge in [-0.2, -0.15) is 9.61 Å². The molecule has 6 nitrogen and oxygen atoms in total. The summed E-state index contributed by atoms with van der Waals surface area (Å²) in [5.74, 6) is 1.10. The third-order valence-corrected chi connectivity index (χ3v) is 7.39. The first-order valence-corrected chi connectivity index (χ1v) is 13.1. The molecule has 2 heterocycles. The van der Waals surface area contributed by atoms with E-state index >= 15 is 0 Å². The van der Waals surface area contributed by atoms with Gasteiger partial charge in [-0.3, -0.25) is 4.79 Å². The number of aromatic nitrogens is 3. The molecule has 0 spiro atoms. The quantitative estimate of drug-likeness (QED) is 0.266. The van der Waals surface area contributed by atoms with Crippen LogP contribution in [0.5, 0.6) is 0 Å². The van der Waals surface area contributed by atoms with Crippen LogP contribution in [0.15, 0.2) is 65.3 Å². The van der Waals surface area contributed by atoms with Crippen LogP contribution >= 0.6 is 27.5 Å². The molecule has 0 aliphatic heterocycles. The molecule has 0 saturated carbocycles. The maximum atomic E-state index is 12.7. The van der Waals surface area contributed by atoms with Crippen molar-refractivity contribution in [1.82, 2.24) is 19.9 Å². The molecule has 2 aromatic carbocycles. The summed E-state index contributed by atoms with van der Waals surface area (Å²) in [5.41, 5.74) is 5.09. The molecule has 2 N–H and O–H groups in total. The number of nitrogens with zero attached hydrogens (tertiary/aromatic N) is 3. The molecule has 1 amide bonds. The molecule has 5 rings (SSSR count). The van der Waals surface area contributed by atoms with Crippen LogP contribution in [0.3, 0.4) is 0 Å². The molecule has 0 bridgehead atoms. The van der Waals surface area contributed by atoms with Crippen LogP contribution in [0.4, 0.5) is 5.82 Å². The summed E-state index contributed by atoms with van der Waals surface area (Å²) in [6, 6.07) is 18.1. The Balaban J connectivity index is 1.14. The lowest BCUT2D eigenvalue weighted by atomic mass is 9.83. The molecule has 1 aliphatic carbocycles. The predicted octanol–water partition coefficient (Wildman–Crippen LogP) is 5.93. The molecule has 1 aliphatic rings. The largest absolute Gasteiger partial charge is 0.370 e. The van der Waals surface area contributed by atoms with Crippen LogP contribution < -0.4 is 10.6 Å². The number of rotatable bonds is 8. The minimum atomic E-state index is 0.0784. The van der Waals surface area contributed by atoms with Crippen LogP contribution in [0, 0.1) is 5.92 Å². The van der Waals surface area contributed by atoms with Gasteiger partial charge in [-0.15, -0.1) is 0 Å². The number of hydrogen-bond donors (Lipinski definition) is 2. The van der Waals surface area contributed by atoms with Crippen molar-refractivity contribution in [3.05, 3.63) is 81.4 Å². The highest BCUT2D eigenvalue weighted by molar-refractivity contribution is 9.10. The van der Waals surface area contributed by atoms with Crippen LogP contribution in [0.1, 0.15) is 30.4 Å². The van der Waals surface area contributed by atoms with E-state index in [0.29, 0.717) is 11.6 Å². The fourth-order valence-electron chi connectivity index (χ4n) is 4.61. The van der Waals surface area contributed by atoms with Crippen molar-refractivity contribution in [2.45, 2.75) is 32.1 Å². The number of anilines is 1. The van der Waals surface area contributed by atoms with Gasteiger partial charge in [0.05, 0.1) is 16.4 Å². The van der Waals surface area contributed by atoms with Gasteiger partial charge < -0.3 is 10.6 Å². The smallest absolute Gasteiger partial charge is 0.223 e. The first kappa shape index (κ1) is 23.8. The highest BCUT2D eigenvalue weighted by atomic mass is 79.9. The van der Waals surface area contributed by atoms with Crippen molar-refractivity contribution < 1.29 is 4.79 Å². The highest BCUT2D eigenvalue weighted by Crippen LogP contribution is 2.30. The van der Waals surface area contributed by atoms with E-state index in [1.54, 1.807) is 10.7 Å². The normalized spacial score (nSPS) is 15.1. The number of aryl methyl sites for hydroxylation is 1. The monoisotopic (exact) mass is 551 g/mol. The molecule has 1 unspecified atom stereocenters. The third kappa shape index (κ3) is 5.36. The Morgan fingerprint density at radius 2 is 1.86 bits per heavy atom. The van der Waals surface area contributed by atoms with E-state index in [0.717, 1.165) is 65.8 Å². The lowest BCUT2D eigenvalue weighted by Gasteiger charge is -2.23. The van der Waals surface area contributed by atoms with Gasteiger partial charge in [0.25, 0.3) is 0 Å². The summed E-state index contributed by atoms with van der Waals surface area (Å²) >= 11 is 9.95. The lowest BCUT2D eigenvalue weighted by Crippen LogP contribution is -2.34. The second-order valence-corrected chi connectivity index (χ2v) is 10.1. The first-order valence-electron chi connectivity index (χ1n) is 12.0. The Hall–Kier alpha value is -2.90. The molecule has 180 valence electrons. The Bertz CT molecular complexity index is 1350. The average molecular weight is 553 g/mol. The van der Waals surface area contributed by atoms with Crippen LogP contribution in [0.25, 0.3) is 16.9 Å². The summed E-state index contributed by atoms with van der Waals surface area (Å²) in [6.45, 7) is 1.44. The molecule has 0 fully saturated rings. The average Bonchev–Trinajstić information content (AvgIpc) is 3.26. The molecule has 35 heavy (non-hydrogen) atoms. The van der Waals surface area contributed by atoms with Gasteiger partial charge in [0.15, 0.2) is 5.65 Å². The van der Waals surface area contributed by atoms with Gasteiger partial charge in [-0.1, -0.05) is 54.1 Å². The van der Waals surface area contributed by atoms with Gasteiger partial charge in [-0.25, -0.2) is 4.98 Å². The van der Waals surface area contributed by atoms with Crippen LogP contribution in [-0.2, 0) is 17.6 Å². The number of carbonyl (C=O) groups is 1. The number of nitrogens with one attached hydrogen (secondary N) is 2. The predicted molar refractivity (Wildman–Crippen MR) is 144 cm³/mol. The Morgan fingerprint density at radius 1 is 1.09 bits per heavy atom. The Morgan fingerprint density at radius 3 is 2.71 bits per heavy atom. The summed E-state index contributed by atoms with van der Waals surface area (Å²) in [6.07, 6.45) is 6.31. The van der Waals surface area contributed by atoms with E-state index < -0.39 is 0 Å². The van der Waals surface area contributed by atoms with E-state index in [4.69, 9.17) is 16.6 Å². The number of fused-ring (bicyclic) bond motifs is 2. The maximum absolute atomic E-state index is 12.7. The highest BCUT2D eigenvalue weighted by Gasteiger charge is 2.24. The van der Waals surface area contributed by atoms with Crippen molar-refractivity contribution >= 4 is 44.9 Å². The van der Waals surface area contributed by atoms with Crippen LogP contribution in [-0.4, -0.2) is 33.6 Å². The summed E-state index contributed by atoms with van der Waals surface area (Å²) in [7, 11) is 0. The topological polar surface area (TPSA) is 71.3 Å². The van der Waals surface area contributed by atoms with Crippen molar-refractivity contribution in [1.29, 1.82) is 0 Å². The van der Waals surface area contributed by atoms with Crippen LogP contribution in [0.2, 0.25) is 5.02 Å². The molecule has 2 aromatic heterocycles. The number of carbonyl (C=O) groups excluding carboxylic acids is 1. The number of amides is 1. The minimum Gasteiger partial charge on any atom is -0.370 e. The summed E-state index contributed by atoms with van der Waals surface area (Å²) < 4.78 is 2.61. The van der Waals surface area contributed by atoms with Crippen molar-refractivity contribution in [2.75, 3.05) is 18.4 Å². The van der Waals surface area contributed by atoms with Crippen molar-refractivity contribution in [3.63, 3.8) is 0 Å². The second kappa shape index (κ2) is 10.8. The van der Waals surface area contributed by atoms with E-state index in [-0.39, 0.29) is 11.8 Å². The fraction of sp³-hybridized carbons (Fsp3) is 0.296. The Kier molecular flexibility index (Phi) is 7.35. The van der Waals surface area contributed by atoms with E-state index in [1.165, 1.54) is 11.1 Å². The number of benzene rings is 2. The van der Waals surface area contributed by atoms with Crippen molar-refractivity contribution in [2.24, 2.45) is 5.92 Å². The zero-order valence-corrected chi connectivity index (χ0v) is 21.6. The van der Waals surface area contributed by atoms with Gasteiger partial charge in [0, 0.05) is 35.7 Å². The Labute approximate surface area is 218 Å². The number of hydrogen-bond acceptors (Lipinski definition) is 4. The minimum absolute atomic E-state index is 0.0784. The van der Waals surface area contributed by atoms with E-state index in [1.807, 2.05) is 30.3 Å². The van der Waals surface area contributed by atoms with E-state index in [9.17, 15) is 4.79 Å². The van der Waals surface area contributed by atoms with Gasteiger partial charge >= 0.3 is 0 Å². The summed E-state index contributed by atoms with van der Waals surface area (Å²) in [4.78, 5) is 17.4. The third-order valence-electron chi connectivity index (χ3n) is 6.51. The standard InChI is InChI=1S/C27H27BrClN5O/c28-22-17-32-34-25(16-24(33-26(22)34)21-9-3-4-10-23(21)29)30-13-5-6-14-31-27(35)20-12-11-18-7-1-2-8-19(18)15-20/h1-4,7-10,16-17,20,30H,5-6,11-15H2,(H,31,35). The molecule has 4 aromatic rings. The van der Waals surface area contributed by atoms with Crippen molar-refractivity contribution in [3.8, 4) is 11.3 Å². The first-order chi connectivity index (χ1) is 17.1. The lowest BCUT2D eigenvalue weighted by molar-refractivity contribution is -0.125. The molecule has 0 saturated heterocycles. The zero-order valence-electron chi connectivity index (χ0n) is 19.3. The maximum Gasteiger partial charge on any atom is 0.223 e. The SMILES string of the molecule is O=C(NCCCCNc1cc(-c2ccccc2Cl)nc2c(Br)cnn12)C1CCc2ccccc2C1. The van der Waals surface area contributed by atoms with Gasteiger partial charge in [0.2, 0.25) is 5.91 Å². The second-order valence-electron chi connectivity index (χ2n) is 8.87. The number of halogens is 2. The van der Waals surface area contributed by atoms with Gasteiger partial charge in [-0.05, 0) is 65.2 Å². The molecule has 1 atom stereocenters.